The van der Waals surface area contributed by atoms with Crippen LogP contribution >= 0.6 is 0 Å². The van der Waals surface area contributed by atoms with Gasteiger partial charge in [0.05, 0.1) is 5.41 Å². The highest BCUT2D eigenvalue weighted by molar-refractivity contribution is 5.89. The molecule has 9 rings (SSSR count). The van der Waals surface area contributed by atoms with Crippen LogP contribution in [0.1, 0.15) is 22.3 Å². The maximum absolute atomic E-state index is 6.67. The van der Waals surface area contributed by atoms with E-state index in [9.17, 15) is 0 Å². The molecule has 3 nitrogen and oxygen atoms in total. The van der Waals surface area contributed by atoms with E-state index in [0.717, 1.165) is 33.6 Å². The first-order valence-corrected chi connectivity index (χ1v) is 15.2. The number of pyridine rings is 1. The molecule has 1 aliphatic heterocycles. The maximum Gasteiger partial charge on any atom is 0.170 e. The first-order valence-electron chi connectivity index (χ1n) is 15.2. The molecule has 0 fully saturated rings. The Morgan fingerprint density at radius 2 is 0.933 bits per heavy atom. The maximum atomic E-state index is 6.67. The zero-order valence-corrected chi connectivity index (χ0v) is 24.4. The molecule has 0 saturated heterocycles. The van der Waals surface area contributed by atoms with Gasteiger partial charge in [-0.05, 0) is 92.0 Å². The van der Waals surface area contributed by atoms with Gasteiger partial charge in [0.1, 0.15) is 0 Å². The molecule has 2 heterocycles. The Bertz CT molecular complexity index is 2170. The van der Waals surface area contributed by atoms with Crippen molar-refractivity contribution in [3.63, 3.8) is 0 Å². The van der Waals surface area contributed by atoms with E-state index in [-0.39, 0.29) is 0 Å². The lowest BCUT2D eigenvalue weighted by atomic mass is 9.67. The van der Waals surface area contributed by atoms with Crippen LogP contribution in [0.5, 0.6) is 23.0 Å². The lowest BCUT2D eigenvalue weighted by molar-refractivity contribution is 0.359. The van der Waals surface area contributed by atoms with E-state index in [1.54, 1.807) is 0 Å². The zero-order chi connectivity index (χ0) is 29.8. The topological polar surface area (TPSA) is 31.4 Å². The fourth-order valence-corrected chi connectivity index (χ4v) is 7.20. The van der Waals surface area contributed by atoms with E-state index in [1.807, 2.05) is 30.6 Å². The molecule has 1 aromatic heterocycles. The van der Waals surface area contributed by atoms with Gasteiger partial charge in [-0.15, -0.1) is 0 Å². The minimum atomic E-state index is -0.492. The van der Waals surface area contributed by atoms with Crippen LogP contribution < -0.4 is 9.47 Å². The summed E-state index contributed by atoms with van der Waals surface area (Å²) in [4.78, 5) is 4.20. The third-order valence-corrected chi connectivity index (χ3v) is 9.14. The van der Waals surface area contributed by atoms with Crippen molar-refractivity contribution in [3.8, 4) is 56.4 Å². The predicted octanol–water partition coefficient (Wildman–Crippen LogP) is 10.7. The Hall–Kier alpha value is -5.93. The SMILES string of the molecule is c1ccc(C2(c3ccccc3)c3ccccc3-c3cc4c(cc32)Oc2ccc(-c3ccccc3-c3ccncc3)cc2O4)cc1. The van der Waals surface area contributed by atoms with Crippen LogP contribution in [0.4, 0.5) is 0 Å². The Morgan fingerprint density at radius 1 is 0.378 bits per heavy atom. The van der Waals surface area contributed by atoms with E-state index in [1.165, 1.54) is 27.8 Å². The van der Waals surface area contributed by atoms with Gasteiger partial charge in [0.2, 0.25) is 0 Å². The zero-order valence-electron chi connectivity index (χ0n) is 24.4. The number of rotatable bonds is 4. The summed E-state index contributed by atoms with van der Waals surface area (Å²) >= 11 is 0. The summed E-state index contributed by atoms with van der Waals surface area (Å²) in [5, 5.41) is 0. The molecule has 2 aliphatic rings. The second kappa shape index (κ2) is 10.1. The molecule has 0 amide bonds. The number of nitrogens with zero attached hydrogens (tertiary/aromatic N) is 1. The lowest BCUT2D eigenvalue weighted by Gasteiger charge is -2.34. The average molecular weight is 578 g/mol. The average Bonchev–Trinajstić information content (AvgIpc) is 3.40. The molecule has 3 heteroatoms. The Kier molecular flexibility index (Phi) is 5.72. The minimum Gasteiger partial charge on any atom is -0.450 e. The van der Waals surface area contributed by atoms with Gasteiger partial charge in [0.15, 0.2) is 23.0 Å². The van der Waals surface area contributed by atoms with Crippen molar-refractivity contribution in [2.45, 2.75) is 5.41 Å². The highest BCUT2D eigenvalue weighted by atomic mass is 16.6. The largest absolute Gasteiger partial charge is 0.450 e. The van der Waals surface area contributed by atoms with E-state index >= 15 is 0 Å². The van der Waals surface area contributed by atoms with Crippen molar-refractivity contribution in [1.29, 1.82) is 0 Å². The molecule has 0 saturated carbocycles. The van der Waals surface area contributed by atoms with Crippen molar-refractivity contribution < 1.29 is 9.47 Å². The molecular formula is C42H27NO2. The highest BCUT2D eigenvalue weighted by Gasteiger charge is 2.47. The standard InChI is InChI=1S/C42H27NO2/c1-3-11-30(12-4-1)42(31-13-5-2-6-14-31)36-18-10-9-17-34(36)35-26-40-41(27-37(35)42)44-38-20-19-29(25-39(38)45-40)33-16-8-7-15-32(33)28-21-23-43-24-22-28/h1-27H. The summed E-state index contributed by atoms with van der Waals surface area (Å²) in [5.41, 5.74) is 11.2. The molecule has 0 spiro atoms. The van der Waals surface area contributed by atoms with Gasteiger partial charge in [-0.1, -0.05) is 115 Å². The van der Waals surface area contributed by atoms with Gasteiger partial charge in [0.25, 0.3) is 0 Å². The summed E-state index contributed by atoms with van der Waals surface area (Å²) in [7, 11) is 0. The van der Waals surface area contributed by atoms with Crippen LogP contribution in [-0.2, 0) is 5.41 Å². The molecule has 0 bridgehead atoms. The third kappa shape index (κ3) is 3.87. The summed E-state index contributed by atoms with van der Waals surface area (Å²) in [6, 6.07) is 53.4. The third-order valence-electron chi connectivity index (χ3n) is 9.14. The Labute approximate surface area is 262 Å². The predicted molar refractivity (Wildman–Crippen MR) is 179 cm³/mol. The van der Waals surface area contributed by atoms with Crippen molar-refractivity contribution in [2.75, 3.05) is 0 Å². The molecule has 0 radical (unpaired) electrons. The van der Waals surface area contributed by atoms with Gasteiger partial charge in [0, 0.05) is 12.4 Å². The first-order chi connectivity index (χ1) is 22.3. The molecule has 7 aromatic rings. The van der Waals surface area contributed by atoms with Crippen LogP contribution in [0.25, 0.3) is 33.4 Å². The molecule has 0 atom stereocenters. The molecule has 6 aromatic carbocycles. The Morgan fingerprint density at radius 3 is 1.64 bits per heavy atom. The lowest BCUT2D eigenvalue weighted by Crippen LogP contribution is -2.28. The number of ether oxygens (including phenoxy) is 2. The summed E-state index contributed by atoms with van der Waals surface area (Å²) < 4.78 is 13.3. The number of fused-ring (bicyclic) bond motifs is 5. The normalized spacial score (nSPS) is 13.4. The summed E-state index contributed by atoms with van der Waals surface area (Å²) in [6.45, 7) is 0. The van der Waals surface area contributed by atoms with E-state index < -0.39 is 5.41 Å². The van der Waals surface area contributed by atoms with Crippen molar-refractivity contribution in [3.05, 3.63) is 186 Å². The van der Waals surface area contributed by atoms with Gasteiger partial charge in [-0.25, -0.2) is 0 Å². The van der Waals surface area contributed by atoms with E-state index in [0.29, 0.717) is 17.2 Å². The quantitative estimate of drug-likeness (QED) is 0.208. The molecule has 212 valence electrons. The second-order valence-electron chi connectivity index (χ2n) is 11.5. The molecule has 0 N–H and O–H groups in total. The molecule has 45 heavy (non-hydrogen) atoms. The number of hydrogen-bond donors (Lipinski definition) is 0. The van der Waals surface area contributed by atoms with Gasteiger partial charge < -0.3 is 9.47 Å². The minimum absolute atomic E-state index is 0.492. The van der Waals surface area contributed by atoms with E-state index in [4.69, 9.17) is 9.47 Å². The monoisotopic (exact) mass is 577 g/mol. The van der Waals surface area contributed by atoms with Crippen molar-refractivity contribution >= 4 is 0 Å². The van der Waals surface area contributed by atoms with Crippen LogP contribution in [-0.4, -0.2) is 4.98 Å². The van der Waals surface area contributed by atoms with Gasteiger partial charge in [-0.2, -0.15) is 0 Å². The summed E-state index contributed by atoms with van der Waals surface area (Å²) in [5.74, 6) is 2.84. The van der Waals surface area contributed by atoms with Crippen LogP contribution in [0.15, 0.2) is 164 Å². The smallest absolute Gasteiger partial charge is 0.170 e. The molecular weight excluding hydrogens is 550 g/mol. The van der Waals surface area contributed by atoms with Gasteiger partial charge in [-0.3, -0.25) is 4.98 Å². The van der Waals surface area contributed by atoms with Crippen LogP contribution in [0, 0.1) is 0 Å². The van der Waals surface area contributed by atoms with Crippen LogP contribution in [0.3, 0.4) is 0 Å². The van der Waals surface area contributed by atoms with Crippen molar-refractivity contribution in [2.24, 2.45) is 0 Å². The fraction of sp³-hybridized carbons (Fsp3) is 0.0238. The molecule has 1 aliphatic carbocycles. The molecule has 0 unspecified atom stereocenters. The van der Waals surface area contributed by atoms with Crippen LogP contribution in [0.2, 0.25) is 0 Å². The van der Waals surface area contributed by atoms with E-state index in [2.05, 4.69) is 138 Å². The number of benzene rings is 6. The Balaban J connectivity index is 1.20. The summed E-state index contributed by atoms with van der Waals surface area (Å²) in [6.07, 6.45) is 3.65. The first kappa shape index (κ1) is 25.6. The highest BCUT2D eigenvalue weighted by Crippen LogP contribution is 2.59. The number of hydrogen-bond acceptors (Lipinski definition) is 3. The fourth-order valence-electron chi connectivity index (χ4n) is 7.20. The van der Waals surface area contributed by atoms with Crippen molar-refractivity contribution in [1.82, 2.24) is 4.98 Å². The number of aromatic nitrogens is 1. The second-order valence-corrected chi connectivity index (χ2v) is 11.5. The van der Waals surface area contributed by atoms with Gasteiger partial charge >= 0.3 is 0 Å².